The van der Waals surface area contributed by atoms with E-state index in [1.807, 2.05) is 13.8 Å². The lowest BCUT2D eigenvalue weighted by atomic mass is 10.0. The van der Waals surface area contributed by atoms with E-state index in [2.05, 4.69) is 26.3 Å². The first-order chi connectivity index (χ1) is 26.6. The molecule has 306 valence electrons. The summed E-state index contributed by atoms with van der Waals surface area (Å²) in [5.41, 5.74) is 23.9. The van der Waals surface area contributed by atoms with Gasteiger partial charge >= 0.3 is 0 Å². The summed E-state index contributed by atoms with van der Waals surface area (Å²) in [5.74, 6) is -4.25. The Labute approximate surface area is 326 Å². The van der Waals surface area contributed by atoms with Crippen molar-refractivity contribution in [3.8, 4) is 5.75 Å². The van der Waals surface area contributed by atoms with Gasteiger partial charge in [-0.25, -0.2) is 0 Å². The SMILES string of the molecule is CC(C)C[C@H](NC(=O)[C@H](CCCN=C(N)N)NC(=O)[C@@H]1CCCN1C(=O)[C@H](CO)NC(=O)[C@@H](Cc1ccccc1)NC(=O)[C@@H](N)Cc1ccc(O)cc1)C(N)=O. The van der Waals surface area contributed by atoms with Gasteiger partial charge in [0.2, 0.25) is 35.4 Å². The molecule has 1 fully saturated rings. The van der Waals surface area contributed by atoms with Gasteiger partial charge in [-0.15, -0.1) is 0 Å². The number of aromatic hydroxyl groups is 1. The van der Waals surface area contributed by atoms with E-state index in [1.54, 1.807) is 42.5 Å². The Morgan fingerprint density at radius 2 is 1.41 bits per heavy atom. The summed E-state index contributed by atoms with van der Waals surface area (Å²) >= 11 is 0. The number of guanidine groups is 1. The van der Waals surface area contributed by atoms with Crippen molar-refractivity contribution in [3.05, 3.63) is 65.7 Å². The van der Waals surface area contributed by atoms with Gasteiger partial charge in [0.05, 0.1) is 12.6 Å². The first-order valence-electron chi connectivity index (χ1n) is 18.6. The van der Waals surface area contributed by atoms with E-state index in [-0.39, 0.29) is 69.2 Å². The number of carbonyl (C=O) groups excluding carboxylic acids is 6. The molecule has 56 heavy (non-hydrogen) atoms. The molecule has 0 saturated carbocycles. The number of hydrogen-bond acceptors (Lipinski definition) is 10. The van der Waals surface area contributed by atoms with E-state index in [4.69, 9.17) is 22.9 Å². The number of rotatable bonds is 21. The number of hydrogen-bond donors (Lipinski definition) is 10. The number of phenols is 1. The number of carbonyl (C=O) groups is 6. The maximum Gasteiger partial charge on any atom is 0.248 e. The molecule has 2 aromatic rings. The van der Waals surface area contributed by atoms with Crippen LogP contribution >= 0.6 is 0 Å². The second-order valence-electron chi connectivity index (χ2n) is 14.3. The van der Waals surface area contributed by atoms with E-state index in [0.29, 0.717) is 17.5 Å². The van der Waals surface area contributed by atoms with Crippen LogP contribution in [0.2, 0.25) is 0 Å². The zero-order valence-electron chi connectivity index (χ0n) is 31.9. The molecule has 6 atom stereocenters. The van der Waals surface area contributed by atoms with Gasteiger partial charge in [0.15, 0.2) is 5.96 Å². The molecule has 6 amide bonds. The van der Waals surface area contributed by atoms with Crippen LogP contribution in [-0.4, -0.2) is 112 Å². The summed E-state index contributed by atoms with van der Waals surface area (Å²) in [4.78, 5) is 85.2. The van der Waals surface area contributed by atoms with Crippen molar-refractivity contribution in [1.29, 1.82) is 0 Å². The van der Waals surface area contributed by atoms with Gasteiger partial charge in [0.1, 0.15) is 36.0 Å². The fourth-order valence-electron chi connectivity index (χ4n) is 6.31. The summed E-state index contributed by atoms with van der Waals surface area (Å²) < 4.78 is 0. The highest BCUT2D eigenvalue weighted by Crippen LogP contribution is 2.20. The van der Waals surface area contributed by atoms with Crippen molar-refractivity contribution in [1.82, 2.24) is 26.2 Å². The first kappa shape index (κ1) is 44.6. The maximum absolute atomic E-state index is 13.9. The number of aliphatic imine (C=N–C) groups is 1. The molecule has 0 bridgehead atoms. The number of amides is 6. The second-order valence-corrected chi connectivity index (χ2v) is 14.3. The van der Waals surface area contributed by atoms with Crippen LogP contribution in [0.5, 0.6) is 5.75 Å². The van der Waals surface area contributed by atoms with Crippen LogP contribution in [0.25, 0.3) is 0 Å². The van der Waals surface area contributed by atoms with Crippen LogP contribution < -0.4 is 44.2 Å². The van der Waals surface area contributed by atoms with Crippen molar-refractivity contribution in [2.24, 2.45) is 33.8 Å². The lowest BCUT2D eigenvalue weighted by Gasteiger charge is -2.30. The molecule has 1 aliphatic rings. The van der Waals surface area contributed by atoms with Crippen LogP contribution in [0.1, 0.15) is 57.1 Å². The second kappa shape index (κ2) is 22.0. The highest BCUT2D eigenvalue weighted by Gasteiger charge is 2.39. The first-order valence-corrected chi connectivity index (χ1v) is 18.6. The van der Waals surface area contributed by atoms with Crippen molar-refractivity contribution >= 4 is 41.4 Å². The predicted octanol–water partition coefficient (Wildman–Crippen LogP) is -1.99. The average molecular weight is 781 g/mol. The lowest BCUT2D eigenvalue weighted by Crippen LogP contribution is -2.60. The third-order valence-electron chi connectivity index (χ3n) is 9.23. The molecule has 18 nitrogen and oxygen atoms in total. The zero-order chi connectivity index (χ0) is 41.4. The number of aliphatic hydroxyl groups excluding tert-OH is 1. The van der Waals surface area contributed by atoms with Crippen molar-refractivity contribution in [3.63, 3.8) is 0 Å². The maximum atomic E-state index is 13.9. The molecule has 1 heterocycles. The molecule has 1 saturated heterocycles. The van der Waals surface area contributed by atoms with E-state index < -0.39 is 78.3 Å². The predicted molar refractivity (Wildman–Crippen MR) is 208 cm³/mol. The number of likely N-dealkylation sites (tertiary alicyclic amines) is 1. The molecule has 2 aromatic carbocycles. The molecular formula is C38H56N10O8. The molecular weight excluding hydrogens is 724 g/mol. The molecule has 3 rings (SSSR count). The van der Waals surface area contributed by atoms with Gasteiger partial charge in [0, 0.05) is 19.5 Å². The van der Waals surface area contributed by atoms with E-state index in [0.717, 1.165) is 0 Å². The summed E-state index contributed by atoms with van der Waals surface area (Å²) in [6, 6.07) is 8.11. The van der Waals surface area contributed by atoms with E-state index in [9.17, 15) is 39.0 Å². The van der Waals surface area contributed by atoms with Gasteiger partial charge < -0.3 is 59.3 Å². The average Bonchev–Trinajstić information content (AvgIpc) is 3.65. The Bertz CT molecular complexity index is 1670. The standard InChI is InChI=1S/C38H56N10O8/c1-22(2)18-28(32(40)51)45-34(53)27(10-6-16-43-38(41)42)44-36(55)31-11-7-17-48(31)37(56)30(21-49)47-35(54)29(20-23-8-4-3-5-9-23)46-33(52)26(39)19-24-12-14-25(50)15-13-24/h3-5,8-9,12-15,22,26-31,49-50H,6-7,10-11,16-21,39H2,1-2H3,(H2,40,51)(H,44,55)(H,45,53)(H,46,52)(H,47,54)(H4,41,42,43)/t26-,27-,28-,29+,30-,31-/m0/s1. The molecule has 0 unspecified atom stereocenters. The highest BCUT2D eigenvalue weighted by atomic mass is 16.3. The minimum atomic E-state index is -1.48. The molecule has 0 radical (unpaired) electrons. The summed E-state index contributed by atoms with van der Waals surface area (Å²) in [5, 5.41) is 30.4. The highest BCUT2D eigenvalue weighted by molar-refractivity contribution is 5.97. The molecule has 0 spiro atoms. The topological polar surface area (TPSA) is 311 Å². The Morgan fingerprint density at radius 3 is 2.02 bits per heavy atom. The lowest BCUT2D eigenvalue weighted by molar-refractivity contribution is -0.143. The number of nitrogens with zero attached hydrogens (tertiary/aromatic N) is 2. The van der Waals surface area contributed by atoms with Gasteiger partial charge in [-0.3, -0.25) is 33.8 Å². The quantitative estimate of drug-likeness (QED) is 0.0376. The van der Waals surface area contributed by atoms with Crippen molar-refractivity contribution < 1.29 is 39.0 Å². The minimum Gasteiger partial charge on any atom is -0.508 e. The molecule has 0 aliphatic carbocycles. The third-order valence-corrected chi connectivity index (χ3v) is 9.23. The number of benzene rings is 2. The van der Waals surface area contributed by atoms with Crippen LogP contribution in [0, 0.1) is 5.92 Å². The third kappa shape index (κ3) is 14.2. The number of primary amides is 1. The smallest absolute Gasteiger partial charge is 0.248 e. The largest absolute Gasteiger partial charge is 0.508 e. The van der Waals surface area contributed by atoms with Gasteiger partial charge in [0.25, 0.3) is 0 Å². The van der Waals surface area contributed by atoms with Gasteiger partial charge in [-0.05, 0) is 67.7 Å². The fraction of sp³-hybridized carbons (Fsp3) is 0.500. The van der Waals surface area contributed by atoms with E-state index in [1.165, 1.54) is 17.0 Å². The van der Waals surface area contributed by atoms with Crippen molar-refractivity contribution in [2.75, 3.05) is 19.7 Å². The molecule has 1 aliphatic heterocycles. The molecule has 0 aromatic heterocycles. The number of nitrogens with one attached hydrogen (secondary N) is 4. The number of nitrogens with two attached hydrogens (primary N) is 4. The number of phenolic OH excluding ortho intramolecular Hbond substituents is 1. The minimum absolute atomic E-state index is 0.0276. The van der Waals surface area contributed by atoms with Crippen LogP contribution in [0.3, 0.4) is 0 Å². The van der Waals surface area contributed by atoms with E-state index >= 15 is 0 Å². The van der Waals surface area contributed by atoms with Gasteiger partial charge in [-0.2, -0.15) is 0 Å². The Kier molecular flexibility index (Phi) is 17.5. The van der Waals surface area contributed by atoms with Crippen LogP contribution in [0.15, 0.2) is 59.6 Å². The Balaban J connectivity index is 1.75. The summed E-state index contributed by atoms with van der Waals surface area (Å²) in [6.45, 7) is 3.19. The number of aliphatic hydroxyl groups is 1. The van der Waals surface area contributed by atoms with Gasteiger partial charge in [-0.1, -0.05) is 56.3 Å². The zero-order valence-corrected chi connectivity index (χ0v) is 31.9. The Hall–Kier alpha value is -5.75. The summed E-state index contributed by atoms with van der Waals surface area (Å²) in [6.07, 6.45) is 1.45. The van der Waals surface area contributed by atoms with Crippen LogP contribution in [-0.2, 0) is 41.6 Å². The molecule has 14 N–H and O–H groups in total. The monoisotopic (exact) mass is 780 g/mol. The van der Waals surface area contributed by atoms with Crippen LogP contribution in [0.4, 0.5) is 0 Å². The summed E-state index contributed by atoms with van der Waals surface area (Å²) in [7, 11) is 0. The fourth-order valence-corrected chi connectivity index (χ4v) is 6.31. The molecule has 18 heteroatoms. The Morgan fingerprint density at radius 1 is 0.804 bits per heavy atom. The normalized spacial score (nSPS) is 16.4. The van der Waals surface area contributed by atoms with Crippen molar-refractivity contribution in [2.45, 2.75) is 95.0 Å².